The number of carbonyl (C=O) groups excluding carboxylic acids is 2. The fourth-order valence-corrected chi connectivity index (χ4v) is 5.91. The molecule has 1 atom stereocenters. The highest BCUT2D eigenvalue weighted by atomic mass is 35.5. The Kier molecular flexibility index (Phi) is 8.13. The minimum atomic E-state index is -0.350. The largest absolute Gasteiger partial charge is 0.497 e. The number of benzene rings is 2. The summed E-state index contributed by atoms with van der Waals surface area (Å²) in [6.07, 6.45) is 0.752. The molecule has 3 aromatic rings. The molecule has 1 aromatic heterocycles. The fourth-order valence-electron chi connectivity index (χ4n) is 4.50. The number of fused-ring (bicyclic) bond motifs is 1. The maximum absolute atomic E-state index is 13.8. The number of carbonyl (C=O) groups is 2. The Morgan fingerprint density at radius 3 is 2.53 bits per heavy atom. The van der Waals surface area contributed by atoms with E-state index in [2.05, 4.69) is 0 Å². The second kappa shape index (κ2) is 11.1. The van der Waals surface area contributed by atoms with Gasteiger partial charge in [0.2, 0.25) is 5.91 Å². The summed E-state index contributed by atoms with van der Waals surface area (Å²) in [7, 11) is 3.05. The minimum absolute atomic E-state index is 0.0765. The SMILES string of the molecule is COc1ccc(C(=O)N(CC(=O)N2CCc3sccc3C2c2ccc(Cl)cc2Cl)C(C)C)c(OC)c1. The van der Waals surface area contributed by atoms with Crippen LogP contribution in [0.25, 0.3) is 0 Å². The zero-order chi connectivity index (χ0) is 26.0. The Balaban J connectivity index is 1.66. The van der Waals surface area contributed by atoms with Crippen molar-refractivity contribution in [2.24, 2.45) is 0 Å². The summed E-state index contributed by atoms with van der Waals surface area (Å²) in [5.74, 6) is 0.534. The highest BCUT2D eigenvalue weighted by Gasteiger charge is 2.36. The van der Waals surface area contributed by atoms with Crippen molar-refractivity contribution in [3.05, 3.63) is 79.5 Å². The van der Waals surface area contributed by atoms with Crippen LogP contribution in [0.4, 0.5) is 0 Å². The van der Waals surface area contributed by atoms with Gasteiger partial charge in [-0.15, -0.1) is 11.3 Å². The lowest BCUT2D eigenvalue weighted by atomic mass is 9.93. The van der Waals surface area contributed by atoms with Crippen molar-refractivity contribution >= 4 is 46.4 Å². The minimum Gasteiger partial charge on any atom is -0.497 e. The van der Waals surface area contributed by atoms with Crippen molar-refractivity contribution in [1.29, 1.82) is 0 Å². The van der Waals surface area contributed by atoms with E-state index in [1.165, 1.54) is 12.0 Å². The first-order chi connectivity index (χ1) is 17.2. The predicted octanol–water partition coefficient (Wildman–Crippen LogP) is 6.10. The Morgan fingerprint density at radius 2 is 1.86 bits per heavy atom. The quantitative estimate of drug-likeness (QED) is 0.359. The maximum Gasteiger partial charge on any atom is 0.258 e. The van der Waals surface area contributed by atoms with E-state index in [1.807, 2.05) is 36.3 Å². The molecule has 1 aliphatic rings. The molecular weight excluding hydrogens is 519 g/mol. The lowest BCUT2D eigenvalue weighted by molar-refractivity contribution is -0.134. The average Bonchev–Trinajstić information content (AvgIpc) is 3.35. The van der Waals surface area contributed by atoms with E-state index >= 15 is 0 Å². The molecular formula is C27H28Cl2N2O4S. The topological polar surface area (TPSA) is 59.1 Å². The molecule has 190 valence electrons. The monoisotopic (exact) mass is 546 g/mol. The van der Waals surface area contributed by atoms with Gasteiger partial charge in [0.15, 0.2) is 0 Å². The molecule has 0 saturated carbocycles. The van der Waals surface area contributed by atoms with Gasteiger partial charge in [0.1, 0.15) is 18.0 Å². The van der Waals surface area contributed by atoms with E-state index in [9.17, 15) is 9.59 Å². The van der Waals surface area contributed by atoms with Crippen molar-refractivity contribution in [3.8, 4) is 11.5 Å². The smallest absolute Gasteiger partial charge is 0.258 e. The van der Waals surface area contributed by atoms with Crippen LogP contribution in [0.5, 0.6) is 11.5 Å². The highest BCUT2D eigenvalue weighted by Crippen LogP contribution is 2.41. The van der Waals surface area contributed by atoms with Gasteiger partial charge in [-0.2, -0.15) is 0 Å². The molecule has 0 aliphatic carbocycles. The molecule has 0 spiro atoms. The number of hydrogen-bond acceptors (Lipinski definition) is 5. The molecule has 1 unspecified atom stereocenters. The molecule has 2 aromatic carbocycles. The molecule has 0 saturated heterocycles. The third-order valence-electron chi connectivity index (χ3n) is 6.37. The van der Waals surface area contributed by atoms with E-state index in [-0.39, 0.29) is 30.4 Å². The Morgan fingerprint density at radius 1 is 1.08 bits per heavy atom. The number of nitrogens with zero attached hydrogens (tertiary/aromatic N) is 2. The van der Waals surface area contributed by atoms with Crippen LogP contribution in [-0.4, -0.2) is 55.0 Å². The zero-order valence-corrected chi connectivity index (χ0v) is 22.9. The molecule has 2 heterocycles. The lowest BCUT2D eigenvalue weighted by Gasteiger charge is -2.38. The van der Waals surface area contributed by atoms with Crippen LogP contribution >= 0.6 is 34.5 Å². The van der Waals surface area contributed by atoms with Gasteiger partial charge >= 0.3 is 0 Å². The fraction of sp³-hybridized carbons (Fsp3) is 0.333. The molecule has 0 radical (unpaired) electrons. The van der Waals surface area contributed by atoms with Crippen molar-refractivity contribution in [2.45, 2.75) is 32.4 Å². The molecule has 4 rings (SSSR count). The van der Waals surface area contributed by atoms with Gasteiger partial charge in [0.05, 0.1) is 25.8 Å². The third kappa shape index (κ3) is 5.19. The van der Waals surface area contributed by atoms with E-state index < -0.39 is 0 Å². The molecule has 6 nitrogen and oxygen atoms in total. The zero-order valence-electron chi connectivity index (χ0n) is 20.6. The van der Waals surface area contributed by atoms with Crippen LogP contribution in [-0.2, 0) is 11.2 Å². The summed E-state index contributed by atoms with van der Waals surface area (Å²) in [5.41, 5.74) is 2.24. The van der Waals surface area contributed by atoms with E-state index in [0.717, 1.165) is 17.5 Å². The van der Waals surface area contributed by atoms with Crippen LogP contribution in [0.3, 0.4) is 0 Å². The lowest BCUT2D eigenvalue weighted by Crippen LogP contribution is -2.48. The van der Waals surface area contributed by atoms with Gasteiger partial charge in [-0.05, 0) is 67.1 Å². The summed E-state index contributed by atoms with van der Waals surface area (Å²) < 4.78 is 10.7. The van der Waals surface area contributed by atoms with Gasteiger partial charge in [0, 0.05) is 33.6 Å². The number of rotatable bonds is 7. The first-order valence-corrected chi connectivity index (χ1v) is 13.2. The first-order valence-electron chi connectivity index (χ1n) is 11.6. The normalized spacial score (nSPS) is 15.0. The van der Waals surface area contributed by atoms with E-state index in [4.69, 9.17) is 32.7 Å². The molecule has 0 bridgehead atoms. The maximum atomic E-state index is 13.8. The van der Waals surface area contributed by atoms with Crippen molar-refractivity contribution in [2.75, 3.05) is 27.3 Å². The standard InChI is InChI=1S/C27H28Cl2N2O4S/c1-16(2)31(27(33)20-8-6-18(34-3)14-23(20)35-4)15-25(32)30-11-9-24-21(10-12-36-24)26(30)19-7-5-17(28)13-22(19)29/h5-8,10,12-14,16,26H,9,11,15H2,1-4H3. The van der Waals surface area contributed by atoms with Gasteiger partial charge in [0.25, 0.3) is 5.91 Å². The summed E-state index contributed by atoms with van der Waals surface area (Å²) in [4.78, 5) is 32.0. The molecule has 36 heavy (non-hydrogen) atoms. The number of thiophene rings is 1. The first kappa shape index (κ1) is 26.3. The van der Waals surface area contributed by atoms with Crippen LogP contribution in [0.2, 0.25) is 10.0 Å². The molecule has 9 heteroatoms. The number of hydrogen-bond donors (Lipinski definition) is 0. The Bertz CT molecular complexity index is 1280. The average molecular weight is 548 g/mol. The second-order valence-corrected chi connectivity index (χ2v) is 10.6. The molecule has 0 N–H and O–H groups in total. The molecule has 1 aliphatic heterocycles. The second-order valence-electron chi connectivity index (χ2n) is 8.80. The van der Waals surface area contributed by atoms with E-state index in [0.29, 0.717) is 33.7 Å². The number of methoxy groups -OCH3 is 2. The van der Waals surface area contributed by atoms with Crippen LogP contribution < -0.4 is 9.47 Å². The Hall–Kier alpha value is -2.74. The summed E-state index contributed by atoms with van der Waals surface area (Å²) in [6.45, 7) is 4.23. The van der Waals surface area contributed by atoms with Crippen LogP contribution in [0.15, 0.2) is 47.8 Å². The van der Waals surface area contributed by atoms with Crippen LogP contribution in [0, 0.1) is 0 Å². The number of ether oxygens (including phenoxy) is 2. The summed E-state index contributed by atoms with van der Waals surface area (Å²) in [5, 5.41) is 3.08. The molecule has 0 fully saturated rings. The van der Waals surface area contributed by atoms with Crippen LogP contribution in [0.1, 0.15) is 46.3 Å². The van der Waals surface area contributed by atoms with Crippen molar-refractivity contribution in [3.63, 3.8) is 0 Å². The van der Waals surface area contributed by atoms with Crippen molar-refractivity contribution in [1.82, 2.24) is 9.80 Å². The van der Waals surface area contributed by atoms with E-state index in [1.54, 1.807) is 53.7 Å². The number of halogens is 2. The van der Waals surface area contributed by atoms with Gasteiger partial charge in [-0.1, -0.05) is 29.3 Å². The van der Waals surface area contributed by atoms with Gasteiger partial charge in [-0.25, -0.2) is 0 Å². The van der Waals surface area contributed by atoms with Crippen molar-refractivity contribution < 1.29 is 19.1 Å². The summed E-state index contributed by atoms with van der Waals surface area (Å²) >= 11 is 14.4. The van der Waals surface area contributed by atoms with Gasteiger partial charge in [-0.3, -0.25) is 9.59 Å². The number of amides is 2. The predicted molar refractivity (Wildman–Crippen MR) is 144 cm³/mol. The molecule has 2 amide bonds. The summed E-state index contributed by atoms with van der Waals surface area (Å²) in [6, 6.07) is 11.9. The third-order valence-corrected chi connectivity index (χ3v) is 7.93. The highest BCUT2D eigenvalue weighted by molar-refractivity contribution is 7.10. The van der Waals surface area contributed by atoms with Gasteiger partial charge < -0.3 is 19.3 Å². The Labute approximate surface area is 225 Å².